The Labute approximate surface area is 174 Å². The van der Waals surface area contributed by atoms with Crippen LogP contribution in [0.2, 0.25) is 0 Å². The Kier molecular flexibility index (Phi) is 4.28. The monoisotopic (exact) mass is 398 g/mol. The summed E-state index contributed by atoms with van der Waals surface area (Å²) < 4.78 is 22.4. The van der Waals surface area contributed by atoms with Gasteiger partial charge in [-0.1, -0.05) is 0 Å². The second-order valence-corrected chi connectivity index (χ2v) is 7.28. The molecule has 5 aromatic carbocycles. The van der Waals surface area contributed by atoms with Gasteiger partial charge in [0.15, 0.2) is 0 Å². The van der Waals surface area contributed by atoms with E-state index in [9.17, 15) is 0 Å². The van der Waals surface area contributed by atoms with Crippen molar-refractivity contribution in [3.8, 4) is 23.0 Å². The molecule has 0 unspecified atom stereocenters. The fourth-order valence-corrected chi connectivity index (χ4v) is 4.29. The molecule has 0 saturated heterocycles. The zero-order valence-corrected chi connectivity index (χ0v) is 17.4. The second-order valence-electron chi connectivity index (χ2n) is 7.28. The molecule has 4 heteroatoms. The molecule has 0 spiro atoms. The van der Waals surface area contributed by atoms with Gasteiger partial charge in [-0.05, 0) is 82.2 Å². The van der Waals surface area contributed by atoms with Gasteiger partial charge in [0.25, 0.3) is 0 Å². The fraction of sp³-hybridized carbons (Fsp3) is 0.154. The quantitative estimate of drug-likeness (QED) is 0.331. The predicted octanol–water partition coefficient (Wildman–Crippen LogP) is 6.33. The largest absolute Gasteiger partial charge is 0.496 e. The summed E-state index contributed by atoms with van der Waals surface area (Å²) in [4.78, 5) is 0. The Morgan fingerprint density at radius 1 is 0.367 bits per heavy atom. The number of hydrogen-bond acceptors (Lipinski definition) is 4. The minimum Gasteiger partial charge on any atom is -0.496 e. The molecule has 0 radical (unpaired) electrons. The van der Waals surface area contributed by atoms with Crippen molar-refractivity contribution >= 4 is 43.1 Å². The van der Waals surface area contributed by atoms with Crippen LogP contribution < -0.4 is 18.9 Å². The van der Waals surface area contributed by atoms with E-state index in [2.05, 4.69) is 36.4 Å². The first kappa shape index (κ1) is 18.4. The molecule has 0 atom stereocenters. The van der Waals surface area contributed by atoms with Crippen molar-refractivity contribution in [1.82, 2.24) is 0 Å². The van der Waals surface area contributed by atoms with Crippen molar-refractivity contribution in [3.63, 3.8) is 0 Å². The lowest BCUT2D eigenvalue weighted by molar-refractivity contribution is 0.410. The van der Waals surface area contributed by atoms with Gasteiger partial charge >= 0.3 is 0 Å². The number of fused-ring (bicyclic) bond motifs is 4. The summed E-state index contributed by atoms with van der Waals surface area (Å²) in [7, 11) is 6.77. The molecule has 30 heavy (non-hydrogen) atoms. The minimum atomic E-state index is 0.831. The van der Waals surface area contributed by atoms with Crippen LogP contribution in [0.4, 0.5) is 0 Å². The summed E-state index contributed by atoms with van der Waals surface area (Å²) in [5.41, 5.74) is 0. The predicted molar refractivity (Wildman–Crippen MR) is 123 cm³/mol. The maximum atomic E-state index is 5.59. The van der Waals surface area contributed by atoms with Crippen molar-refractivity contribution in [3.05, 3.63) is 60.7 Å². The third kappa shape index (κ3) is 2.68. The average Bonchev–Trinajstić information content (AvgIpc) is 2.78. The van der Waals surface area contributed by atoms with Crippen LogP contribution >= 0.6 is 0 Å². The molecule has 4 nitrogen and oxygen atoms in total. The van der Waals surface area contributed by atoms with E-state index in [1.165, 1.54) is 0 Å². The van der Waals surface area contributed by atoms with E-state index >= 15 is 0 Å². The molecule has 0 saturated carbocycles. The van der Waals surface area contributed by atoms with Crippen LogP contribution in [0.5, 0.6) is 23.0 Å². The van der Waals surface area contributed by atoms with Crippen LogP contribution in [0.15, 0.2) is 60.7 Å². The van der Waals surface area contributed by atoms with Gasteiger partial charge in [-0.15, -0.1) is 0 Å². The molecule has 150 valence electrons. The van der Waals surface area contributed by atoms with Crippen LogP contribution in [0.1, 0.15) is 0 Å². The number of benzene rings is 5. The summed E-state index contributed by atoms with van der Waals surface area (Å²) in [6.07, 6.45) is 0. The fourth-order valence-electron chi connectivity index (χ4n) is 4.29. The third-order valence-electron chi connectivity index (χ3n) is 5.78. The molecule has 5 aromatic rings. The Bertz CT molecular complexity index is 1220. The van der Waals surface area contributed by atoms with Crippen molar-refractivity contribution in [2.75, 3.05) is 28.4 Å². The van der Waals surface area contributed by atoms with E-state index in [1.54, 1.807) is 28.4 Å². The Morgan fingerprint density at radius 3 is 0.800 bits per heavy atom. The van der Waals surface area contributed by atoms with Gasteiger partial charge < -0.3 is 18.9 Å². The van der Waals surface area contributed by atoms with E-state index in [0.717, 1.165) is 66.1 Å². The zero-order valence-electron chi connectivity index (χ0n) is 17.4. The van der Waals surface area contributed by atoms with E-state index in [-0.39, 0.29) is 0 Å². The van der Waals surface area contributed by atoms with Gasteiger partial charge in [0, 0.05) is 21.5 Å². The highest BCUT2D eigenvalue weighted by Gasteiger charge is 2.12. The van der Waals surface area contributed by atoms with Gasteiger partial charge in [0.2, 0.25) is 0 Å². The number of rotatable bonds is 4. The number of methoxy groups -OCH3 is 4. The molecule has 0 fully saturated rings. The molecule has 0 aliphatic rings. The van der Waals surface area contributed by atoms with Gasteiger partial charge in [-0.2, -0.15) is 0 Å². The Balaban J connectivity index is 1.88. The molecule has 0 aliphatic heterocycles. The molecular weight excluding hydrogens is 376 g/mol. The van der Waals surface area contributed by atoms with Crippen LogP contribution in [0.25, 0.3) is 43.1 Å². The number of hydrogen-bond donors (Lipinski definition) is 0. The van der Waals surface area contributed by atoms with Gasteiger partial charge in [-0.25, -0.2) is 0 Å². The smallest absolute Gasteiger partial charge is 0.126 e. The summed E-state index contributed by atoms with van der Waals surface area (Å²) in [6.45, 7) is 0. The third-order valence-corrected chi connectivity index (χ3v) is 5.78. The molecule has 0 heterocycles. The van der Waals surface area contributed by atoms with Gasteiger partial charge in [0.05, 0.1) is 28.4 Å². The van der Waals surface area contributed by atoms with Gasteiger partial charge in [-0.3, -0.25) is 0 Å². The highest BCUT2D eigenvalue weighted by atomic mass is 16.5. The second kappa shape index (κ2) is 6.99. The van der Waals surface area contributed by atoms with E-state index in [0.29, 0.717) is 0 Å². The lowest BCUT2D eigenvalue weighted by Crippen LogP contribution is -1.91. The van der Waals surface area contributed by atoms with E-state index in [1.807, 2.05) is 24.3 Å². The zero-order chi connectivity index (χ0) is 20.8. The lowest BCUT2D eigenvalue weighted by atomic mass is 9.96. The maximum Gasteiger partial charge on any atom is 0.126 e. The number of ether oxygens (including phenoxy) is 4. The molecule has 0 amide bonds. The maximum absolute atomic E-state index is 5.59. The van der Waals surface area contributed by atoms with Crippen LogP contribution in [0, 0.1) is 0 Å². The van der Waals surface area contributed by atoms with Crippen molar-refractivity contribution in [2.45, 2.75) is 0 Å². The van der Waals surface area contributed by atoms with Crippen molar-refractivity contribution in [1.29, 1.82) is 0 Å². The summed E-state index contributed by atoms with van der Waals surface area (Å²) in [5.74, 6) is 3.32. The van der Waals surface area contributed by atoms with Crippen molar-refractivity contribution < 1.29 is 18.9 Å². The first-order valence-corrected chi connectivity index (χ1v) is 9.73. The topological polar surface area (TPSA) is 36.9 Å². The van der Waals surface area contributed by atoms with Crippen LogP contribution in [-0.4, -0.2) is 28.4 Å². The molecule has 0 aliphatic carbocycles. The Hall–Kier alpha value is -3.66. The Morgan fingerprint density at radius 2 is 0.600 bits per heavy atom. The van der Waals surface area contributed by atoms with Gasteiger partial charge in [0.1, 0.15) is 23.0 Å². The van der Waals surface area contributed by atoms with E-state index < -0.39 is 0 Å². The van der Waals surface area contributed by atoms with E-state index in [4.69, 9.17) is 18.9 Å². The molecular formula is C26H22O4. The van der Waals surface area contributed by atoms with Crippen LogP contribution in [0.3, 0.4) is 0 Å². The minimum absolute atomic E-state index is 0.831. The first-order valence-electron chi connectivity index (χ1n) is 9.73. The van der Waals surface area contributed by atoms with Crippen molar-refractivity contribution in [2.24, 2.45) is 0 Å². The SMILES string of the molecule is COc1ccc(OC)c2cc3cc4cc5c(OC)ccc(OC)c5cc4cc3cc12. The molecule has 5 rings (SSSR count). The summed E-state index contributed by atoms with van der Waals surface area (Å²) >= 11 is 0. The summed E-state index contributed by atoms with van der Waals surface area (Å²) in [5, 5.41) is 8.69. The first-order chi connectivity index (χ1) is 14.7. The molecule has 0 bridgehead atoms. The molecule has 0 N–H and O–H groups in total. The highest BCUT2D eigenvalue weighted by molar-refractivity contribution is 6.11. The standard InChI is InChI=1S/C26H22O4/c1-27-23-5-6-24(28-2)20-12-16-10-18-14-22-21(25(29-3)7-8-26(22)30-4)13-17(18)9-15(16)11-19(20)23/h5-14H,1-4H3. The summed E-state index contributed by atoms with van der Waals surface area (Å²) in [6, 6.07) is 20.9. The lowest BCUT2D eigenvalue weighted by Gasteiger charge is -2.13. The highest BCUT2D eigenvalue weighted by Crippen LogP contribution is 2.40. The average molecular weight is 398 g/mol. The van der Waals surface area contributed by atoms with Crippen LogP contribution in [-0.2, 0) is 0 Å². The molecule has 0 aromatic heterocycles. The normalized spacial score (nSPS) is 11.3.